The average Bonchev–Trinajstić information content (AvgIpc) is 2.54. The average molecular weight is 395 g/mol. The summed E-state index contributed by atoms with van der Waals surface area (Å²) in [6, 6.07) is 11.1. The standard InChI is InChI=1S/C20H24Cl2N2O2/c1-13(2)25-16-9-8-15(20(10-16)26-14(3)4)11-23-24-12-17-18(21)6-5-7-19(17)22/h5-11,13-14,24H,12H2,1-4H3/b23-11-. The van der Waals surface area contributed by atoms with E-state index in [1.54, 1.807) is 18.3 Å². The number of ether oxygens (including phenoxy) is 2. The second-order valence-corrected chi connectivity index (χ2v) is 7.14. The molecule has 2 rings (SSSR count). The quantitative estimate of drug-likeness (QED) is 0.461. The normalized spacial score (nSPS) is 11.4. The van der Waals surface area contributed by atoms with Crippen molar-refractivity contribution in [3.63, 3.8) is 0 Å². The highest BCUT2D eigenvalue weighted by Gasteiger charge is 2.08. The third kappa shape index (κ3) is 6.11. The van der Waals surface area contributed by atoms with Crippen LogP contribution in [-0.2, 0) is 6.54 Å². The monoisotopic (exact) mass is 394 g/mol. The predicted molar refractivity (Wildman–Crippen MR) is 109 cm³/mol. The SMILES string of the molecule is CC(C)Oc1ccc(/C=N\NCc2c(Cl)cccc2Cl)c(OC(C)C)c1. The molecule has 0 amide bonds. The van der Waals surface area contributed by atoms with Gasteiger partial charge >= 0.3 is 0 Å². The molecule has 2 aromatic carbocycles. The Morgan fingerprint density at radius 1 is 1.00 bits per heavy atom. The zero-order chi connectivity index (χ0) is 19.1. The van der Waals surface area contributed by atoms with Gasteiger partial charge in [-0.05, 0) is 52.0 Å². The van der Waals surface area contributed by atoms with Gasteiger partial charge in [0, 0.05) is 27.2 Å². The lowest BCUT2D eigenvalue weighted by Gasteiger charge is -2.15. The van der Waals surface area contributed by atoms with E-state index in [0.717, 1.165) is 22.6 Å². The lowest BCUT2D eigenvalue weighted by molar-refractivity contribution is 0.229. The molecule has 0 radical (unpaired) electrons. The number of hydrogen-bond acceptors (Lipinski definition) is 4. The molecule has 0 saturated carbocycles. The van der Waals surface area contributed by atoms with Crippen molar-refractivity contribution in [3.8, 4) is 11.5 Å². The summed E-state index contributed by atoms with van der Waals surface area (Å²) >= 11 is 12.3. The van der Waals surface area contributed by atoms with Gasteiger partial charge in [-0.2, -0.15) is 5.10 Å². The van der Waals surface area contributed by atoms with Gasteiger partial charge in [0.15, 0.2) is 0 Å². The molecule has 0 aliphatic rings. The molecule has 2 aromatic rings. The minimum atomic E-state index is 0.0475. The van der Waals surface area contributed by atoms with E-state index >= 15 is 0 Å². The first-order valence-corrected chi connectivity index (χ1v) is 9.28. The first kappa shape index (κ1) is 20.4. The Hall–Kier alpha value is -1.91. The lowest BCUT2D eigenvalue weighted by Crippen LogP contribution is -2.10. The molecule has 0 spiro atoms. The van der Waals surface area contributed by atoms with Crippen molar-refractivity contribution in [2.45, 2.75) is 46.4 Å². The summed E-state index contributed by atoms with van der Waals surface area (Å²) in [5.41, 5.74) is 4.64. The summed E-state index contributed by atoms with van der Waals surface area (Å²) in [6.07, 6.45) is 1.86. The van der Waals surface area contributed by atoms with Crippen LogP contribution in [0.4, 0.5) is 0 Å². The molecule has 0 atom stereocenters. The zero-order valence-corrected chi connectivity index (χ0v) is 16.9. The Morgan fingerprint density at radius 3 is 2.27 bits per heavy atom. The summed E-state index contributed by atoms with van der Waals surface area (Å²) in [4.78, 5) is 0. The van der Waals surface area contributed by atoms with Crippen LogP contribution in [0.3, 0.4) is 0 Å². The van der Waals surface area contributed by atoms with Gasteiger partial charge in [-0.25, -0.2) is 0 Å². The number of hydrogen-bond donors (Lipinski definition) is 1. The molecule has 0 fully saturated rings. The Balaban J connectivity index is 2.10. The van der Waals surface area contributed by atoms with Gasteiger partial charge in [0.2, 0.25) is 0 Å². The first-order chi connectivity index (χ1) is 12.4. The zero-order valence-electron chi connectivity index (χ0n) is 15.4. The van der Waals surface area contributed by atoms with Gasteiger partial charge in [0.25, 0.3) is 0 Å². The molecule has 140 valence electrons. The Kier molecular flexibility index (Phi) is 7.61. The van der Waals surface area contributed by atoms with E-state index in [1.165, 1.54) is 0 Å². The molecule has 0 unspecified atom stereocenters. The lowest BCUT2D eigenvalue weighted by atomic mass is 10.2. The number of nitrogens with zero attached hydrogens (tertiary/aromatic N) is 1. The van der Waals surface area contributed by atoms with Crippen LogP contribution in [0.5, 0.6) is 11.5 Å². The van der Waals surface area contributed by atoms with Crippen LogP contribution < -0.4 is 14.9 Å². The van der Waals surface area contributed by atoms with Gasteiger partial charge < -0.3 is 14.9 Å². The fourth-order valence-electron chi connectivity index (χ4n) is 2.26. The molecule has 4 nitrogen and oxygen atoms in total. The van der Waals surface area contributed by atoms with Gasteiger partial charge in [-0.3, -0.25) is 0 Å². The Bertz CT molecular complexity index is 741. The third-order valence-corrected chi connectivity index (χ3v) is 4.04. The molecule has 0 aliphatic carbocycles. The first-order valence-electron chi connectivity index (χ1n) is 8.53. The summed E-state index contributed by atoms with van der Waals surface area (Å²) < 4.78 is 11.6. The topological polar surface area (TPSA) is 42.8 Å². The molecular formula is C20H24Cl2N2O2. The molecule has 1 N–H and O–H groups in total. The minimum Gasteiger partial charge on any atom is -0.491 e. The van der Waals surface area contributed by atoms with Crippen molar-refractivity contribution >= 4 is 29.4 Å². The van der Waals surface area contributed by atoms with Crippen LogP contribution >= 0.6 is 23.2 Å². The van der Waals surface area contributed by atoms with Crippen LogP contribution in [0.15, 0.2) is 41.5 Å². The molecule has 26 heavy (non-hydrogen) atoms. The van der Waals surface area contributed by atoms with Crippen LogP contribution in [-0.4, -0.2) is 18.4 Å². The smallest absolute Gasteiger partial charge is 0.132 e. The van der Waals surface area contributed by atoms with Crippen molar-refractivity contribution in [2.75, 3.05) is 0 Å². The third-order valence-electron chi connectivity index (χ3n) is 3.33. The van der Waals surface area contributed by atoms with Gasteiger partial charge in [0.1, 0.15) is 11.5 Å². The predicted octanol–water partition coefficient (Wildman–Crippen LogP) is 5.69. The molecule has 0 bridgehead atoms. The van der Waals surface area contributed by atoms with Crippen molar-refractivity contribution in [1.82, 2.24) is 5.43 Å². The van der Waals surface area contributed by atoms with E-state index in [4.69, 9.17) is 32.7 Å². The highest BCUT2D eigenvalue weighted by Crippen LogP contribution is 2.26. The summed E-state index contributed by atoms with van der Waals surface area (Å²) in [5, 5.41) is 5.49. The number of nitrogens with one attached hydrogen (secondary N) is 1. The van der Waals surface area contributed by atoms with Crippen LogP contribution in [0.25, 0.3) is 0 Å². The molecular weight excluding hydrogens is 371 g/mol. The fraction of sp³-hybridized carbons (Fsp3) is 0.350. The van der Waals surface area contributed by atoms with Gasteiger partial charge in [-0.1, -0.05) is 29.3 Å². The number of halogens is 2. The molecule has 6 heteroatoms. The van der Waals surface area contributed by atoms with E-state index < -0.39 is 0 Å². The van der Waals surface area contributed by atoms with Gasteiger partial charge in [0.05, 0.1) is 25.0 Å². The van der Waals surface area contributed by atoms with E-state index in [2.05, 4.69) is 10.5 Å². The largest absolute Gasteiger partial charge is 0.491 e. The van der Waals surface area contributed by atoms with Gasteiger partial charge in [-0.15, -0.1) is 0 Å². The second kappa shape index (κ2) is 9.70. The van der Waals surface area contributed by atoms with E-state index in [1.807, 2.05) is 52.0 Å². The highest BCUT2D eigenvalue weighted by molar-refractivity contribution is 6.35. The molecule has 0 heterocycles. The molecule has 0 saturated heterocycles. The minimum absolute atomic E-state index is 0.0475. The summed E-state index contributed by atoms with van der Waals surface area (Å²) in [5.74, 6) is 1.49. The van der Waals surface area contributed by atoms with Crippen LogP contribution in [0, 0.1) is 0 Å². The Morgan fingerprint density at radius 2 is 1.65 bits per heavy atom. The van der Waals surface area contributed by atoms with Crippen molar-refractivity contribution in [1.29, 1.82) is 0 Å². The maximum Gasteiger partial charge on any atom is 0.132 e. The van der Waals surface area contributed by atoms with E-state index in [9.17, 15) is 0 Å². The number of benzene rings is 2. The second-order valence-electron chi connectivity index (χ2n) is 6.33. The maximum absolute atomic E-state index is 6.16. The van der Waals surface area contributed by atoms with Crippen LogP contribution in [0.1, 0.15) is 38.8 Å². The van der Waals surface area contributed by atoms with Crippen molar-refractivity contribution < 1.29 is 9.47 Å². The molecule has 0 aliphatic heterocycles. The maximum atomic E-state index is 6.16. The van der Waals surface area contributed by atoms with E-state index in [0.29, 0.717) is 16.6 Å². The van der Waals surface area contributed by atoms with Crippen LogP contribution in [0.2, 0.25) is 10.0 Å². The summed E-state index contributed by atoms with van der Waals surface area (Å²) in [7, 11) is 0. The number of hydrazone groups is 1. The van der Waals surface area contributed by atoms with E-state index in [-0.39, 0.29) is 12.2 Å². The fourth-order valence-corrected chi connectivity index (χ4v) is 2.79. The Labute approximate surface area is 165 Å². The number of rotatable bonds is 8. The summed E-state index contributed by atoms with van der Waals surface area (Å²) in [6.45, 7) is 8.37. The molecule has 0 aromatic heterocycles. The van der Waals surface area contributed by atoms with Crippen molar-refractivity contribution in [2.24, 2.45) is 5.10 Å². The van der Waals surface area contributed by atoms with Crippen molar-refractivity contribution in [3.05, 3.63) is 57.6 Å². The highest BCUT2D eigenvalue weighted by atomic mass is 35.5.